The summed E-state index contributed by atoms with van der Waals surface area (Å²) in [6.45, 7) is 6.06. The molecular formula is C10H22BrNO. The van der Waals surface area contributed by atoms with Crippen LogP contribution in [-0.2, 0) is 4.74 Å². The van der Waals surface area contributed by atoms with Crippen LogP contribution in [0, 0.1) is 0 Å². The van der Waals surface area contributed by atoms with Gasteiger partial charge in [0, 0.05) is 18.5 Å². The van der Waals surface area contributed by atoms with Crippen molar-refractivity contribution < 1.29 is 4.74 Å². The van der Waals surface area contributed by atoms with Crippen molar-refractivity contribution in [3.8, 4) is 0 Å². The highest BCUT2D eigenvalue weighted by molar-refractivity contribution is 9.09. The molecule has 3 heteroatoms. The fraction of sp³-hybridized carbons (Fsp3) is 1.00. The molecule has 0 aromatic rings. The predicted octanol–water partition coefficient (Wildman–Crippen LogP) is 2.57. The van der Waals surface area contributed by atoms with Crippen molar-refractivity contribution in [1.29, 1.82) is 0 Å². The first-order chi connectivity index (χ1) is 6.41. The van der Waals surface area contributed by atoms with Crippen molar-refractivity contribution in [2.45, 2.75) is 32.6 Å². The molecule has 0 fully saturated rings. The van der Waals surface area contributed by atoms with Crippen LogP contribution in [-0.4, -0.2) is 31.6 Å². The Kier molecular flexibility index (Phi) is 12.8. The SMILES string of the molecule is CCCCOCCNCCCCBr. The average molecular weight is 252 g/mol. The van der Waals surface area contributed by atoms with Gasteiger partial charge in [0.25, 0.3) is 0 Å². The van der Waals surface area contributed by atoms with Gasteiger partial charge >= 0.3 is 0 Å². The Bertz CT molecular complexity index is 81.0. The van der Waals surface area contributed by atoms with Gasteiger partial charge < -0.3 is 10.1 Å². The van der Waals surface area contributed by atoms with Gasteiger partial charge in [0.2, 0.25) is 0 Å². The maximum atomic E-state index is 5.41. The summed E-state index contributed by atoms with van der Waals surface area (Å²) >= 11 is 3.41. The van der Waals surface area contributed by atoms with Crippen molar-refractivity contribution in [3.05, 3.63) is 0 Å². The van der Waals surface area contributed by atoms with Crippen LogP contribution in [0.1, 0.15) is 32.6 Å². The molecule has 0 aliphatic carbocycles. The van der Waals surface area contributed by atoms with Gasteiger partial charge in [-0.2, -0.15) is 0 Å². The minimum Gasteiger partial charge on any atom is -0.380 e. The Balaban J connectivity index is 2.76. The van der Waals surface area contributed by atoms with E-state index in [0.717, 1.165) is 31.6 Å². The normalized spacial score (nSPS) is 10.6. The second-order valence-corrected chi connectivity index (χ2v) is 3.91. The summed E-state index contributed by atoms with van der Waals surface area (Å²) in [6, 6.07) is 0. The zero-order chi connectivity index (χ0) is 9.78. The number of alkyl halides is 1. The molecule has 80 valence electrons. The lowest BCUT2D eigenvalue weighted by atomic mass is 10.3. The summed E-state index contributed by atoms with van der Waals surface area (Å²) in [5.74, 6) is 0. The van der Waals surface area contributed by atoms with Gasteiger partial charge in [0.1, 0.15) is 0 Å². The first kappa shape index (κ1) is 13.4. The lowest BCUT2D eigenvalue weighted by Crippen LogP contribution is -2.21. The van der Waals surface area contributed by atoms with E-state index in [1.807, 2.05) is 0 Å². The number of halogens is 1. The third-order valence-electron chi connectivity index (χ3n) is 1.80. The first-order valence-corrected chi connectivity index (χ1v) is 6.38. The fourth-order valence-corrected chi connectivity index (χ4v) is 1.36. The number of ether oxygens (including phenoxy) is 1. The molecule has 0 aliphatic heterocycles. The Labute approximate surface area is 90.6 Å². The van der Waals surface area contributed by atoms with Gasteiger partial charge in [-0.15, -0.1) is 0 Å². The topological polar surface area (TPSA) is 21.3 Å². The second kappa shape index (κ2) is 12.4. The fourth-order valence-electron chi connectivity index (χ4n) is 0.962. The van der Waals surface area contributed by atoms with Crippen molar-refractivity contribution in [2.24, 2.45) is 0 Å². The molecule has 0 radical (unpaired) electrons. The molecule has 0 rings (SSSR count). The molecular weight excluding hydrogens is 230 g/mol. The van der Waals surface area contributed by atoms with E-state index in [0.29, 0.717) is 0 Å². The van der Waals surface area contributed by atoms with E-state index in [9.17, 15) is 0 Å². The molecule has 13 heavy (non-hydrogen) atoms. The standard InChI is InChI=1S/C10H22BrNO/c1-2-3-9-13-10-8-12-7-5-4-6-11/h12H,2-10H2,1H3. The summed E-state index contributed by atoms with van der Waals surface area (Å²) in [7, 11) is 0. The van der Waals surface area contributed by atoms with Crippen LogP contribution < -0.4 is 5.32 Å². The van der Waals surface area contributed by atoms with Gasteiger partial charge in [-0.25, -0.2) is 0 Å². The number of hydrogen-bond acceptors (Lipinski definition) is 2. The Morgan fingerprint density at radius 2 is 1.92 bits per heavy atom. The number of hydrogen-bond donors (Lipinski definition) is 1. The first-order valence-electron chi connectivity index (χ1n) is 5.26. The summed E-state index contributed by atoms with van der Waals surface area (Å²) in [5, 5.41) is 4.46. The number of unbranched alkanes of at least 4 members (excludes halogenated alkanes) is 2. The summed E-state index contributed by atoms with van der Waals surface area (Å²) < 4.78 is 5.41. The van der Waals surface area contributed by atoms with Crippen LogP contribution >= 0.6 is 15.9 Å². The zero-order valence-corrected chi connectivity index (χ0v) is 10.2. The van der Waals surface area contributed by atoms with Crippen molar-refractivity contribution in [1.82, 2.24) is 5.32 Å². The van der Waals surface area contributed by atoms with Crippen LogP contribution in [0.3, 0.4) is 0 Å². The van der Waals surface area contributed by atoms with Gasteiger partial charge in [0.15, 0.2) is 0 Å². The highest BCUT2D eigenvalue weighted by Gasteiger charge is 1.89. The minimum absolute atomic E-state index is 0.855. The maximum Gasteiger partial charge on any atom is 0.0590 e. The van der Waals surface area contributed by atoms with Gasteiger partial charge in [-0.3, -0.25) is 0 Å². The van der Waals surface area contributed by atoms with E-state index in [-0.39, 0.29) is 0 Å². The van der Waals surface area contributed by atoms with Crippen LogP contribution in [0.5, 0.6) is 0 Å². The summed E-state index contributed by atoms with van der Waals surface area (Å²) in [4.78, 5) is 0. The van der Waals surface area contributed by atoms with Crippen LogP contribution in [0.4, 0.5) is 0 Å². The molecule has 0 saturated heterocycles. The Morgan fingerprint density at radius 3 is 2.62 bits per heavy atom. The van der Waals surface area contributed by atoms with Crippen molar-refractivity contribution in [3.63, 3.8) is 0 Å². The van der Waals surface area contributed by atoms with E-state index in [1.165, 1.54) is 25.7 Å². The Hall–Kier alpha value is 0.400. The molecule has 0 spiro atoms. The molecule has 2 nitrogen and oxygen atoms in total. The maximum absolute atomic E-state index is 5.41. The van der Waals surface area contributed by atoms with Gasteiger partial charge in [-0.1, -0.05) is 29.3 Å². The van der Waals surface area contributed by atoms with Crippen LogP contribution in [0.15, 0.2) is 0 Å². The number of nitrogens with one attached hydrogen (secondary N) is 1. The lowest BCUT2D eigenvalue weighted by Gasteiger charge is -2.04. The van der Waals surface area contributed by atoms with Gasteiger partial charge in [0.05, 0.1) is 6.61 Å². The van der Waals surface area contributed by atoms with E-state index >= 15 is 0 Å². The highest BCUT2D eigenvalue weighted by Crippen LogP contribution is 1.91. The molecule has 0 bridgehead atoms. The smallest absolute Gasteiger partial charge is 0.0590 e. The summed E-state index contributed by atoms with van der Waals surface area (Å²) in [6.07, 6.45) is 4.91. The van der Waals surface area contributed by atoms with E-state index in [4.69, 9.17) is 4.74 Å². The third-order valence-corrected chi connectivity index (χ3v) is 2.36. The molecule has 0 aliphatic rings. The molecule has 0 unspecified atom stereocenters. The molecule has 0 heterocycles. The highest BCUT2D eigenvalue weighted by atomic mass is 79.9. The molecule has 0 atom stereocenters. The average Bonchev–Trinajstić information content (AvgIpc) is 2.16. The molecule has 0 saturated carbocycles. The van der Waals surface area contributed by atoms with Gasteiger partial charge in [-0.05, 0) is 25.8 Å². The predicted molar refractivity (Wildman–Crippen MR) is 61.6 cm³/mol. The van der Waals surface area contributed by atoms with Crippen molar-refractivity contribution >= 4 is 15.9 Å². The molecule has 0 amide bonds. The zero-order valence-electron chi connectivity index (χ0n) is 8.65. The molecule has 1 N–H and O–H groups in total. The monoisotopic (exact) mass is 251 g/mol. The third kappa shape index (κ3) is 12.4. The largest absolute Gasteiger partial charge is 0.380 e. The quantitative estimate of drug-likeness (QED) is 0.476. The second-order valence-electron chi connectivity index (χ2n) is 3.11. The van der Waals surface area contributed by atoms with E-state index < -0.39 is 0 Å². The van der Waals surface area contributed by atoms with E-state index in [1.54, 1.807) is 0 Å². The van der Waals surface area contributed by atoms with Crippen LogP contribution in [0.25, 0.3) is 0 Å². The summed E-state index contributed by atoms with van der Waals surface area (Å²) in [5.41, 5.74) is 0. The van der Waals surface area contributed by atoms with Crippen LogP contribution in [0.2, 0.25) is 0 Å². The molecule has 0 aromatic carbocycles. The van der Waals surface area contributed by atoms with E-state index in [2.05, 4.69) is 28.2 Å². The molecule has 0 aromatic heterocycles. The number of rotatable bonds is 10. The Morgan fingerprint density at radius 1 is 1.08 bits per heavy atom. The minimum atomic E-state index is 0.855. The lowest BCUT2D eigenvalue weighted by molar-refractivity contribution is 0.133. The van der Waals surface area contributed by atoms with Crippen molar-refractivity contribution in [2.75, 3.05) is 31.6 Å².